The number of hydrogen-bond donors (Lipinski definition) is 3. The second kappa shape index (κ2) is 12.0. The van der Waals surface area contributed by atoms with Gasteiger partial charge in [-0.25, -0.2) is 4.79 Å². The number of benzene rings is 1. The molecule has 9 heteroatoms. The minimum absolute atomic E-state index is 0.00330. The first kappa shape index (κ1) is 28.1. The fourth-order valence-electron chi connectivity index (χ4n) is 3.72. The Morgan fingerprint density at radius 2 is 1.57 bits per heavy atom. The number of carbonyl (C=O) groups is 4. The number of nitrogens with one attached hydrogen (secondary N) is 3. The zero-order valence-corrected chi connectivity index (χ0v) is 21.8. The van der Waals surface area contributed by atoms with E-state index in [-0.39, 0.29) is 48.7 Å². The monoisotopic (exact) mass is 488 g/mol. The topological polar surface area (TPSA) is 117 Å². The van der Waals surface area contributed by atoms with Gasteiger partial charge in [0.05, 0.1) is 12.5 Å². The quantitative estimate of drug-likeness (QED) is 0.510. The zero-order valence-electron chi connectivity index (χ0n) is 21.8. The molecule has 1 saturated heterocycles. The number of alkyl carbamates (subject to hydrolysis) is 1. The second-order valence-corrected chi connectivity index (χ2v) is 10.9. The molecular weight excluding hydrogens is 448 g/mol. The fourth-order valence-corrected chi connectivity index (χ4v) is 3.72. The summed E-state index contributed by atoms with van der Waals surface area (Å²) in [6.45, 7) is 12.9. The van der Waals surface area contributed by atoms with Crippen LogP contribution in [0.15, 0.2) is 24.3 Å². The standard InChI is InChI=1S/C26H40N4O5/c1-25(2,3)20-11-9-18(10-12-20)22(32)29-16-21(31)30-15-7-8-19(17-30)23(33)27-13-14-28-24(34)35-26(4,5)6/h9-12,19H,7-8,13-17H2,1-6H3,(H,27,33)(H,28,34)(H,29,32). The van der Waals surface area contributed by atoms with E-state index >= 15 is 0 Å². The van der Waals surface area contributed by atoms with Gasteiger partial charge in [0.2, 0.25) is 11.8 Å². The third-order valence-electron chi connectivity index (χ3n) is 5.65. The van der Waals surface area contributed by atoms with Crippen molar-refractivity contribution in [1.82, 2.24) is 20.9 Å². The highest BCUT2D eigenvalue weighted by atomic mass is 16.6. The van der Waals surface area contributed by atoms with E-state index in [1.807, 2.05) is 12.1 Å². The largest absolute Gasteiger partial charge is 0.444 e. The molecule has 1 unspecified atom stereocenters. The average Bonchev–Trinajstić information content (AvgIpc) is 2.78. The van der Waals surface area contributed by atoms with E-state index in [9.17, 15) is 19.2 Å². The molecule has 0 bridgehead atoms. The van der Waals surface area contributed by atoms with Crippen molar-refractivity contribution < 1.29 is 23.9 Å². The lowest BCUT2D eigenvalue weighted by atomic mass is 9.87. The van der Waals surface area contributed by atoms with Crippen LogP contribution in [0.3, 0.4) is 0 Å². The van der Waals surface area contributed by atoms with Crippen molar-refractivity contribution in [1.29, 1.82) is 0 Å². The summed E-state index contributed by atoms with van der Waals surface area (Å²) in [4.78, 5) is 50.9. The number of piperidine rings is 1. The van der Waals surface area contributed by atoms with Crippen LogP contribution in [0.5, 0.6) is 0 Å². The first-order valence-corrected chi connectivity index (χ1v) is 12.2. The molecule has 0 aliphatic carbocycles. The summed E-state index contributed by atoms with van der Waals surface area (Å²) in [6, 6.07) is 7.37. The molecule has 1 aromatic rings. The molecule has 0 radical (unpaired) electrons. The minimum Gasteiger partial charge on any atom is -0.444 e. The predicted octanol–water partition coefficient (Wildman–Crippen LogP) is 2.59. The Bertz CT molecular complexity index is 900. The number of ether oxygens (including phenoxy) is 1. The summed E-state index contributed by atoms with van der Waals surface area (Å²) < 4.78 is 5.15. The third-order valence-corrected chi connectivity index (χ3v) is 5.65. The van der Waals surface area contributed by atoms with Gasteiger partial charge in [0.25, 0.3) is 5.91 Å². The highest BCUT2D eigenvalue weighted by Crippen LogP contribution is 2.22. The number of amides is 4. The zero-order chi connectivity index (χ0) is 26.2. The van der Waals surface area contributed by atoms with Crippen LogP contribution in [-0.4, -0.2) is 67.0 Å². The van der Waals surface area contributed by atoms with Crippen LogP contribution >= 0.6 is 0 Å². The van der Waals surface area contributed by atoms with Crippen LogP contribution < -0.4 is 16.0 Å². The van der Waals surface area contributed by atoms with Crippen molar-refractivity contribution in [3.63, 3.8) is 0 Å². The van der Waals surface area contributed by atoms with E-state index in [1.54, 1.807) is 37.8 Å². The van der Waals surface area contributed by atoms with Crippen LogP contribution in [0.1, 0.15) is 70.3 Å². The van der Waals surface area contributed by atoms with Gasteiger partial charge in [0.15, 0.2) is 0 Å². The summed E-state index contributed by atoms with van der Waals surface area (Å²) in [7, 11) is 0. The van der Waals surface area contributed by atoms with E-state index < -0.39 is 11.7 Å². The molecule has 2 rings (SSSR count). The maximum absolute atomic E-state index is 12.7. The lowest BCUT2D eigenvalue weighted by Crippen LogP contribution is -2.49. The maximum Gasteiger partial charge on any atom is 0.407 e. The first-order valence-electron chi connectivity index (χ1n) is 12.2. The number of likely N-dealkylation sites (tertiary alicyclic amines) is 1. The normalized spacial score (nSPS) is 16.3. The Kier molecular flexibility index (Phi) is 9.68. The van der Waals surface area contributed by atoms with E-state index in [0.29, 0.717) is 31.5 Å². The molecule has 4 amide bonds. The Hall–Kier alpha value is -3.10. The van der Waals surface area contributed by atoms with Gasteiger partial charge in [-0.05, 0) is 56.7 Å². The van der Waals surface area contributed by atoms with Gasteiger partial charge >= 0.3 is 6.09 Å². The molecule has 35 heavy (non-hydrogen) atoms. The van der Waals surface area contributed by atoms with Crippen molar-refractivity contribution in [2.45, 2.75) is 65.4 Å². The van der Waals surface area contributed by atoms with Crippen LogP contribution in [0.4, 0.5) is 4.79 Å². The van der Waals surface area contributed by atoms with E-state index in [2.05, 4.69) is 36.7 Å². The Morgan fingerprint density at radius 3 is 2.17 bits per heavy atom. The Morgan fingerprint density at radius 1 is 0.943 bits per heavy atom. The summed E-state index contributed by atoms with van der Waals surface area (Å²) in [5.41, 5.74) is 1.04. The number of hydrogen-bond acceptors (Lipinski definition) is 5. The van der Waals surface area contributed by atoms with E-state index in [0.717, 1.165) is 5.56 Å². The fraction of sp³-hybridized carbons (Fsp3) is 0.615. The van der Waals surface area contributed by atoms with E-state index in [1.165, 1.54) is 0 Å². The molecule has 1 aromatic carbocycles. The van der Waals surface area contributed by atoms with Gasteiger partial charge < -0.3 is 25.6 Å². The minimum atomic E-state index is -0.582. The van der Waals surface area contributed by atoms with Crippen LogP contribution in [0, 0.1) is 5.92 Å². The summed E-state index contributed by atoms with van der Waals surface area (Å²) in [5, 5.41) is 8.08. The molecule has 1 heterocycles. The molecule has 0 spiro atoms. The number of carbonyl (C=O) groups excluding carboxylic acids is 4. The summed E-state index contributed by atoms with van der Waals surface area (Å²) in [5.74, 6) is -0.998. The van der Waals surface area contributed by atoms with Crippen molar-refractivity contribution >= 4 is 23.8 Å². The molecule has 1 fully saturated rings. The highest BCUT2D eigenvalue weighted by molar-refractivity contribution is 5.96. The second-order valence-electron chi connectivity index (χ2n) is 10.9. The summed E-state index contributed by atoms with van der Waals surface area (Å²) >= 11 is 0. The van der Waals surface area contributed by atoms with Crippen LogP contribution in [0.25, 0.3) is 0 Å². The smallest absolute Gasteiger partial charge is 0.407 e. The number of rotatable bonds is 7. The molecule has 9 nitrogen and oxygen atoms in total. The molecule has 0 aromatic heterocycles. The van der Waals surface area contributed by atoms with Crippen LogP contribution in [-0.2, 0) is 19.7 Å². The van der Waals surface area contributed by atoms with Gasteiger partial charge in [-0.2, -0.15) is 0 Å². The van der Waals surface area contributed by atoms with Gasteiger partial charge in [-0.1, -0.05) is 32.9 Å². The first-order chi connectivity index (χ1) is 16.3. The van der Waals surface area contributed by atoms with Crippen LogP contribution in [0.2, 0.25) is 0 Å². The van der Waals surface area contributed by atoms with Gasteiger partial charge in [-0.3, -0.25) is 14.4 Å². The van der Waals surface area contributed by atoms with Gasteiger partial charge in [-0.15, -0.1) is 0 Å². The Labute approximate surface area is 208 Å². The molecule has 0 saturated carbocycles. The third kappa shape index (κ3) is 9.58. The molecule has 1 aliphatic heterocycles. The molecule has 1 atom stereocenters. The van der Waals surface area contributed by atoms with Crippen molar-refractivity contribution in [3.05, 3.63) is 35.4 Å². The SMILES string of the molecule is CC(C)(C)OC(=O)NCCNC(=O)C1CCCN(C(=O)CNC(=O)c2ccc(C(C)(C)C)cc2)C1. The molecule has 3 N–H and O–H groups in total. The number of nitrogens with zero attached hydrogens (tertiary/aromatic N) is 1. The van der Waals surface area contributed by atoms with Crippen molar-refractivity contribution in [2.75, 3.05) is 32.7 Å². The molecule has 194 valence electrons. The molecular formula is C26H40N4O5. The van der Waals surface area contributed by atoms with E-state index in [4.69, 9.17) is 4.74 Å². The lowest BCUT2D eigenvalue weighted by Gasteiger charge is -2.32. The van der Waals surface area contributed by atoms with Crippen molar-refractivity contribution in [2.24, 2.45) is 5.92 Å². The lowest BCUT2D eigenvalue weighted by molar-refractivity contribution is -0.134. The average molecular weight is 489 g/mol. The Balaban J connectivity index is 1.75. The molecule has 1 aliphatic rings. The summed E-state index contributed by atoms with van der Waals surface area (Å²) in [6.07, 6.45) is 0.859. The predicted molar refractivity (Wildman–Crippen MR) is 134 cm³/mol. The van der Waals surface area contributed by atoms with Gasteiger partial charge in [0, 0.05) is 31.7 Å². The highest BCUT2D eigenvalue weighted by Gasteiger charge is 2.28. The van der Waals surface area contributed by atoms with Crippen molar-refractivity contribution in [3.8, 4) is 0 Å². The van der Waals surface area contributed by atoms with Gasteiger partial charge in [0.1, 0.15) is 5.60 Å². The maximum atomic E-state index is 12.7.